The molecule has 2 heterocycles. The number of nitrogens with one attached hydrogen (secondary N) is 1. The Kier molecular flexibility index (Phi) is 3.74. The van der Waals surface area contributed by atoms with Gasteiger partial charge in [0, 0.05) is 43.6 Å². The van der Waals surface area contributed by atoms with Crippen LogP contribution in [0, 0.1) is 0 Å². The van der Waals surface area contributed by atoms with Gasteiger partial charge in [0.1, 0.15) is 0 Å². The van der Waals surface area contributed by atoms with Crippen molar-refractivity contribution in [3.05, 3.63) is 18.0 Å². The number of hydrogen-bond acceptors (Lipinski definition) is 4. The molecule has 1 saturated carbocycles. The smallest absolute Gasteiger partial charge is 0.225 e. The van der Waals surface area contributed by atoms with Crippen LogP contribution in [0.1, 0.15) is 44.1 Å². The van der Waals surface area contributed by atoms with Gasteiger partial charge >= 0.3 is 0 Å². The highest BCUT2D eigenvalue weighted by atomic mass is 15.3. The van der Waals surface area contributed by atoms with E-state index in [0.29, 0.717) is 6.04 Å². The third-order valence-corrected chi connectivity index (χ3v) is 4.03. The molecule has 2 aliphatic rings. The van der Waals surface area contributed by atoms with Crippen molar-refractivity contribution in [3.8, 4) is 0 Å². The Bertz CT molecular complexity index is 364. The van der Waals surface area contributed by atoms with E-state index in [1.54, 1.807) is 0 Å². The lowest BCUT2D eigenvalue weighted by Crippen LogP contribution is -2.25. The molecule has 0 unspecified atom stereocenters. The Morgan fingerprint density at radius 1 is 1.06 bits per heavy atom. The molecule has 0 amide bonds. The maximum absolute atomic E-state index is 4.48. The first-order valence-corrected chi connectivity index (χ1v) is 7.21. The van der Waals surface area contributed by atoms with Crippen molar-refractivity contribution in [1.29, 1.82) is 0 Å². The van der Waals surface area contributed by atoms with Crippen molar-refractivity contribution in [2.45, 2.75) is 51.1 Å². The summed E-state index contributed by atoms with van der Waals surface area (Å²) in [7, 11) is 0. The van der Waals surface area contributed by atoms with Crippen LogP contribution >= 0.6 is 0 Å². The first kappa shape index (κ1) is 11.9. The lowest BCUT2D eigenvalue weighted by atomic mass is 10.2. The Labute approximate surface area is 109 Å². The summed E-state index contributed by atoms with van der Waals surface area (Å²) in [6, 6.07) is 0.711. The number of anilines is 1. The molecule has 0 radical (unpaired) electrons. The van der Waals surface area contributed by atoms with Crippen molar-refractivity contribution in [2.75, 3.05) is 18.0 Å². The standard InChI is InChI=1S/C14H22N4/c1-2-6-13(5-1)15-9-12-10-16-14(17-11-12)18-7-3-4-8-18/h10-11,13,15H,1-9H2. The number of hydrogen-bond donors (Lipinski definition) is 1. The van der Waals surface area contributed by atoms with Crippen LogP contribution in [0.2, 0.25) is 0 Å². The molecule has 4 heteroatoms. The number of rotatable bonds is 4. The molecule has 1 aliphatic carbocycles. The monoisotopic (exact) mass is 246 g/mol. The summed E-state index contributed by atoms with van der Waals surface area (Å²) in [5.74, 6) is 0.900. The van der Waals surface area contributed by atoms with Gasteiger partial charge < -0.3 is 10.2 Å². The van der Waals surface area contributed by atoms with Crippen LogP contribution in [0.4, 0.5) is 5.95 Å². The van der Waals surface area contributed by atoms with Crippen molar-refractivity contribution in [1.82, 2.24) is 15.3 Å². The lowest BCUT2D eigenvalue weighted by Gasteiger charge is -2.15. The molecule has 98 valence electrons. The topological polar surface area (TPSA) is 41.1 Å². The maximum Gasteiger partial charge on any atom is 0.225 e. The Morgan fingerprint density at radius 3 is 2.39 bits per heavy atom. The average Bonchev–Trinajstić information content (AvgIpc) is 3.10. The minimum atomic E-state index is 0.711. The van der Waals surface area contributed by atoms with Gasteiger partial charge in [0.2, 0.25) is 5.95 Å². The molecule has 3 rings (SSSR count). The zero-order valence-corrected chi connectivity index (χ0v) is 10.9. The molecule has 1 N–H and O–H groups in total. The van der Waals surface area contributed by atoms with E-state index < -0.39 is 0 Å². The minimum Gasteiger partial charge on any atom is -0.341 e. The summed E-state index contributed by atoms with van der Waals surface area (Å²) >= 11 is 0. The van der Waals surface area contributed by atoms with Gasteiger partial charge in [0.05, 0.1) is 0 Å². The summed E-state index contributed by atoms with van der Waals surface area (Å²) in [5, 5.41) is 3.59. The largest absolute Gasteiger partial charge is 0.341 e. The lowest BCUT2D eigenvalue weighted by molar-refractivity contribution is 0.523. The van der Waals surface area contributed by atoms with E-state index in [2.05, 4.69) is 20.2 Å². The van der Waals surface area contributed by atoms with Crippen molar-refractivity contribution in [3.63, 3.8) is 0 Å². The van der Waals surface area contributed by atoms with E-state index >= 15 is 0 Å². The van der Waals surface area contributed by atoms with Gasteiger partial charge in [-0.2, -0.15) is 0 Å². The van der Waals surface area contributed by atoms with Crippen LogP contribution in [-0.2, 0) is 6.54 Å². The van der Waals surface area contributed by atoms with Gasteiger partial charge in [-0.15, -0.1) is 0 Å². The first-order valence-electron chi connectivity index (χ1n) is 7.21. The molecule has 4 nitrogen and oxygen atoms in total. The van der Waals surface area contributed by atoms with Crippen LogP contribution in [0.3, 0.4) is 0 Å². The molecule has 1 aliphatic heterocycles. The van der Waals surface area contributed by atoms with E-state index in [9.17, 15) is 0 Å². The fourth-order valence-electron chi connectivity index (χ4n) is 2.91. The summed E-state index contributed by atoms with van der Waals surface area (Å²) in [4.78, 5) is 11.2. The van der Waals surface area contributed by atoms with E-state index in [1.165, 1.54) is 44.1 Å². The molecule has 18 heavy (non-hydrogen) atoms. The molecule has 0 bridgehead atoms. The fraction of sp³-hybridized carbons (Fsp3) is 0.714. The average molecular weight is 246 g/mol. The van der Waals surface area contributed by atoms with Crippen LogP contribution < -0.4 is 10.2 Å². The Morgan fingerprint density at radius 2 is 1.72 bits per heavy atom. The van der Waals surface area contributed by atoms with Crippen LogP contribution in [-0.4, -0.2) is 29.1 Å². The van der Waals surface area contributed by atoms with Crippen LogP contribution in [0.15, 0.2) is 12.4 Å². The van der Waals surface area contributed by atoms with E-state index in [1.807, 2.05) is 12.4 Å². The second kappa shape index (κ2) is 5.65. The van der Waals surface area contributed by atoms with Gasteiger partial charge in [-0.05, 0) is 25.7 Å². The van der Waals surface area contributed by atoms with Gasteiger partial charge in [0.25, 0.3) is 0 Å². The van der Waals surface area contributed by atoms with E-state index in [4.69, 9.17) is 0 Å². The quantitative estimate of drug-likeness (QED) is 0.883. The highest BCUT2D eigenvalue weighted by Crippen LogP contribution is 2.18. The molecule has 0 aromatic carbocycles. The SMILES string of the molecule is c1nc(N2CCCC2)ncc1CNC1CCCC1. The van der Waals surface area contributed by atoms with Crippen molar-refractivity contribution >= 4 is 5.95 Å². The Hall–Kier alpha value is -1.16. The molecule has 2 fully saturated rings. The first-order chi connectivity index (χ1) is 8.92. The second-order valence-electron chi connectivity index (χ2n) is 5.45. The summed E-state index contributed by atoms with van der Waals surface area (Å²) in [6.07, 6.45) is 11.9. The van der Waals surface area contributed by atoms with Crippen molar-refractivity contribution in [2.24, 2.45) is 0 Å². The molecule has 1 aromatic heterocycles. The highest BCUT2D eigenvalue weighted by Gasteiger charge is 2.15. The highest BCUT2D eigenvalue weighted by molar-refractivity contribution is 5.30. The fourth-order valence-corrected chi connectivity index (χ4v) is 2.91. The molecular weight excluding hydrogens is 224 g/mol. The summed E-state index contributed by atoms with van der Waals surface area (Å²) in [5.41, 5.74) is 1.20. The van der Waals surface area contributed by atoms with Crippen LogP contribution in [0.5, 0.6) is 0 Å². The molecule has 1 aromatic rings. The number of nitrogens with zero attached hydrogens (tertiary/aromatic N) is 3. The maximum atomic E-state index is 4.48. The second-order valence-corrected chi connectivity index (χ2v) is 5.45. The predicted octanol–water partition coefficient (Wildman–Crippen LogP) is 2.11. The third-order valence-electron chi connectivity index (χ3n) is 4.03. The van der Waals surface area contributed by atoms with Gasteiger partial charge in [-0.25, -0.2) is 9.97 Å². The molecular formula is C14H22N4. The van der Waals surface area contributed by atoms with Gasteiger partial charge in [0.15, 0.2) is 0 Å². The Balaban J connectivity index is 1.53. The minimum absolute atomic E-state index is 0.711. The normalized spacial score (nSPS) is 20.8. The van der Waals surface area contributed by atoms with Gasteiger partial charge in [-0.3, -0.25) is 0 Å². The summed E-state index contributed by atoms with van der Waals surface area (Å²) in [6.45, 7) is 3.13. The molecule has 1 saturated heterocycles. The zero-order valence-electron chi connectivity index (χ0n) is 10.9. The molecule has 0 atom stereocenters. The predicted molar refractivity (Wildman–Crippen MR) is 72.6 cm³/mol. The van der Waals surface area contributed by atoms with E-state index in [-0.39, 0.29) is 0 Å². The molecule has 0 spiro atoms. The third kappa shape index (κ3) is 2.80. The van der Waals surface area contributed by atoms with Crippen LogP contribution in [0.25, 0.3) is 0 Å². The number of aromatic nitrogens is 2. The zero-order chi connectivity index (χ0) is 12.2. The van der Waals surface area contributed by atoms with Gasteiger partial charge in [-0.1, -0.05) is 12.8 Å². The van der Waals surface area contributed by atoms with Crippen molar-refractivity contribution < 1.29 is 0 Å². The van der Waals surface area contributed by atoms with E-state index in [0.717, 1.165) is 25.6 Å². The summed E-state index contributed by atoms with van der Waals surface area (Å²) < 4.78 is 0.